The molecule has 0 atom stereocenters. The Labute approximate surface area is 92.7 Å². The molecule has 0 amide bonds. The predicted octanol–water partition coefficient (Wildman–Crippen LogP) is 4.25. The van der Waals surface area contributed by atoms with E-state index in [0.29, 0.717) is 5.33 Å². The zero-order valence-corrected chi connectivity index (χ0v) is 9.07. The third-order valence-corrected chi connectivity index (χ3v) is 2.09. The second-order valence-electron chi connectivity index (χ2n) is 2.76. The highest BCUT2D eigenvalue weighted by Gasteiger charge is 2.34. The van der Waals surface area contributed by atoms with Crippen LogP contribution in [0.25, 0.3) is 6.08 Å². The van der Waals surface area contributed by atoms with Gasteiger partial charge in [0.05, 0.1) is 5.56 Å². The Morgan fingerprint density at radius 1 is 1.27 bits per heavy atom. The van der Waals surface area contributed by atoms with E-state index < -0.39 is 17.6 Å². The second-order valence-corrected chi connectivity index (χ2v) is 3.41. The molecule has 1 rings (SSSR count). The molecule has 0 aliphatic rings. The molecule has 0 heterocycles. The summed E-state index contributed by atoms with van der Waals surface area (Å²) in [6, 6.07) is 3.20. The second kappa shape index (κ2) is 4.79. The maximum Gasteiger partial charge on any atom is 0.419 e. The molecule has 0 nitrogen and oxygen atoms in total. The standard InChI is InChI=1S/C10H7BrF4/c11-6-2-4-7-3-1-5-8(9(7)12)10(13,14)15/h1-5H,6H2. The van der Waals surface area contributed by atoms with E-state index in [1.54, 1.807) is 0 Å². The zero-order valence-electron chi connectivity index (χ0n) is 7.48. The van der Waals surface area contributed by atoms with Crippen molar-refractivity contribution >= 4 is 22.0 Å². The van der Waals surface area contributed by atoms with Gasteiger partial charge in [-0.15, -0.1) is 0 Å². The minimum absolute atomic E-state index is 0.0655. The lowest BCUT2D eigenvalue weighted by atomic mass is 10.1. The van der Waals surface area contributed by atoms with Gasteiger partial charge in [0.25, 0.3) is 0 Å². The van der Waals surface area contributed by atoms with Crippen molar-refractivity contribution in [3.63, 3.8) is 0 Å². The van der Waals surface area contributed by atoms with Gasteiger partial charge in [-0.3, -0.25) is 0 Å². The molecule has 0 aromatic heterocycles. The molecule has 0 aliphatic carbocycles. The summed E-state index contributed by atoms with van der Waals surface area (Å²) in [6.45, 7) is 0. The monoisotopic (exact) mass is 282 g/mol. The Kier molecular flexibility index (Phi) is 3.90. The first-order valence-corrected chi connectivity index (χ1v) is 5.17. The van der Waals surface area contributed by atoms with Gasteiger partial charge in [0.2, 0.25) is 0 Å². The smallest absolute Gasteiger partial charge is 0.206 e. The van der Waals surface area contributed by atoms with Crippen LogP contribution in [0, 0.1) is 5.82 Å². The molecule has 0 bridgehead atoms. The van der Waals surface area contributed by atoms with E-state index in [-0.39, 0.29) is 5.56 Å². The van der Waals surface area contributed by atoms with Crippen LogP contribution in [-0.2, 0) is 6.18 Å². The molecule has 0 saturated carbocycles. The lowest BCUT2D eigenvalue weighted by molar-refractivity contribution is -0.140. The largest absolute Gasteiger partial charge is 0.419 e. The Bertz CT molecular complexity index is 368. The van der Waals surface area contributed by atoms with E-state index in [4.69, 9.17) is 0 Å². The summed E-state index contributed by atoms with van der Waals surface area (Å²) < 4.78 is 50.1. The van der Waals surface area contributed by atoms with Gasteiger partial charge in [0.15, 0.2) is 0 Å². The zero-order chi connectivity index (χ0) is 11.5. The fraction of sp³-hybridized carbons (Fsp3) is 0.200. The van der Waals surface area contributed by atoms with Crippen LogP contribution in [-0.4, -0.2) is 5.33 Å². The third-order valence-electron chi connectivity index (χ3n) is 1.72. The van der Waals surface area contributed by atoms with Crippen LogP contribution >= 0.6 is 15.9 Å². The van der Waals surface area contributed by atoms with Crippen LogP contribution in [0.5, 0.6) is 0 Å². The van der Waals surface area contributed by atoms with Crippen molar-refractivity contribution in [2.75, 3.05) is 5.33 Å². The van der Waals surface area contributed by atoms with Crippen molar-refractivity contribution in [3.05, 3.63) is 41.2 Å². The first-order chi connectivity index (χ1) is 6.96. The Morgan fingerprint density at radius 2 is 1.93 bits per heavy atom. The minimum Gasteiger partial charge on any atom is -0.206 e. The predicted molar refractivity (Wildman–Crippen MR) is 54.2 cm³/mol. The van der Waals surface area contributed by atoms with Crippen LogP contribution in [0.1, 0.15) is 11.1 Å². The maximum atomic E-state index is 13.3. The molecule has 0 aliphatic heterocycles. The van der Waals surface area contributed by atoms with Crippen molar-refractivity contribution in [1.29, 1.82) is 0 Å². The summed E-state index contributed by atoms with van der Waals surface area (Å²) in [6.07, 6.45) is -1.82. The quantitative estimate of drug-likeness (QED) is 0.562. The normalized spacial score (nSPS) is 12.3. The highest BCUT2D eigenvalue weighted by Crippen LogP contribution is 2.32. The molecule has 5 heteroatoms. The summed E-state index contributed by atoms with van der Waals surface area (Å²) in [4.78, 5) is 0. The molecule has 0 spiro atoms. The van der Waals surface area contributed by atoms with Crippen molar-refractivity contribution in [3.8, 4) is 0 Å². The topological polar surface area (TPSA) is 0 Å². The summed E-state index contributed by atoms with van der Waals surface area (Å²) in [7, 11) is 0. The van der Waals surface area contributed by atoms with E-state index in [9.17, 15) is 17.6 Å². The highest BCUT2D eigenvalue weighted by atomic mass is 79.9. The first-order valence-electron chi connectivity index (χ1n) is 4.05. The number of rotatable bonds is 2. The number of allylic oxidation sites excluding steroid dienone is 1. The molecule has 82 valence electrons. The number of halogens is 5. The fourth-order valence-corrected chi connectivity index (χ4v) is 1.26. The van der Waals surface area contributed by atoms with E-state index >= 15 is 0 Å². The van der Waals surface area contributed by atoms with Gasteiger partial charge < -0.3 is 0 Å². The van der Waals surface area contributed by atoms with Crippen LogP contribution in [0.15, 0.2) is 24.3 Å². The van der Waals surface area contributed by atoms with Crippen LogP contribution in [0.2, 0.25) is 0 Å². The lowest BCUT2D eigenvalue weighted by Crippen LogP contribution is -2.08. The molecule has 0 radical (unpaired) electrons. The van der Waals surface area contributed by atoms with Crippen molar-refractivity contribution < 1.29 is 17.6 Å². The van der Waals surface area contributed by atoms with Crippen LogP contribution in [0.4, 0.5) is 17.6 Å². The summed E-state index contributed by atoms with van der Waals surface area (Å²) in [5, 5.41) is 0.461. The number of hydrogen-bond acceptors (Lipinski definition) is 0. The molecule has 1 aromatic carbocycles. The Balaban J connectivity index is 3.17. The Hall–Kier alpha value is -0.840. The molecule has 1 aromatic rings. The fourth-order valence-electron chi connectivity index (χ4n) is 1.07. The lowest BCUT2D eigenvalue weighted by Gasteiger charge is -2.08. The van der Waals surface area contributed by atoms with E-state index in [0.717, 1.165) is 6.07 Å². The molecule has 0 saturated heterocycles. The third kappa shape index (κ3) is 3.06. The SMILES string of the molecule is Fc1c(C=CCBr)cccc1C(F)(F)F. The minimum atomic E-state index is -4.65. The van der Waals surface area contributed by atoms with E-state index in [2.05, 4.69) is 15.9 Å². The molecule has 0 unspecified atom stereocenters. The van der Waals surface area contributed by atoms with Crippen molar-refractivity contribution in [2.45, 2.75) is 6.18 Å². The average Bonchev–Trinajstić information content (AvgIpc) is 2.14. The van der Waals surface area contributed by atoms with E-state index in [1.165, 1.54) is 24.3 Å². The van der Waals surface area contributed by atoms with Gasteiger partial charge in [0.1, 0.15) is 5.82 Å². The molecule has 0 N–H and O–H groups in total. The summed E-state index contributed by atoms with van der Waals surface area (Å²) in [5.41, 5.74) is -1.30. The summed E-state index contributed by atoms with van der Waals surface area (Å²) >= 11 is 3.06. The van der Waals surface area contributed by atoms with Gasteiger partial charge in [-0.25, -0.2) is 4.39 Å². The Morgan fingerprint density at radius 3 is 2.47 bits per heavy atom. The molecule has 15 heavy (non-hydrogen) atoms. The van der Waals surface area contributed by atoms with Gasteiger partial charge >= 0.3 is 6.18 Å². The van der Waals surface area contributed by atoms with Crippen LogP contribution in [0.3, 0.4) is 0 Å². The highest BCUT2D eigenvalue weighted by molar-refractivity contribution is 9.09. The van der Waals surface area contributed by atoms with Crippen molar-refractivity contribution in [1.82, 2.24) is 0 Å². The average molecular weight is 283 g/mol. The maximum absolute atomic E-state index is 13.3. The molecular weight excluding hydrogens is 276 g/mol. The molecular formula is C10H7BrF4. The van der Waals surface area contributed by atoms with Gasteiger partial charge in [-0.05, 0) is 6.07 Å². The van der Waals surface area contributed by atoms with Gasteiger partial charge in [0, 0.05) is 10.9 Å². The van der Waals surface area contributed by atoms with Crippen molar-refractivity contribution in [2.24, 2.45) is 0 Å². The van der Waals surface area contributed by atoms with Gasteiger partial charge in [-0.1, -0.05) is 40.2 Å². The number of alkyl halides is 4. The van der Waals surface area contributed by atoms with Crippen LogP contribution < -0.4 is 0 Å². The number of hydrogen-bond donors (Lipinski definition) is 0. The first kappa shape index (κ1) is 12.2. The molecule has 0 fully saturated rings. The number of benzene rings is 1. The summed E-state index contributed by atoms with van der Waals surface area (Å²) in [5.74, 6) is -1.23. The van der Waals surface area contributed by atoms with E-state index in [1.807, 2.05) is 0 Å². The van der Waals surface area contributed by atoms with Gasteiger partial charge in [-0.2, -0.15) is 13.2 Å².